The Hall–Kier alpha value is -0.420. The van der Waals surface area contributed by atoms with Gasteiger partial charge in [-0.05, 0) is 0 Å². The summed E-state index contributed by atoms with van der Waals surface area (Å²) in [6.07, 6.45) is -0.607. The summed E-state index contributed by atoms with van der Waals surface area (Å²) < 4.78 is 20.5. The van der Waals surface area contributed by atoms with E-state index in [9.17, 15) is 9.36 Å². The molecule has 2 atom stereocenters. The normalized spacial score (nSPS) is 17.1. The molecule has 6 nitrogen and oxygen atoms in total. The van der Waals surface area contributed by atoms with E-state index in [4.69, 9.17) is 14.2 Å². The first kappa shape index (κ1) is 13.6. The predicted octanol–water partition coefficient (Wildman–Crippen LogP) is -0.0307. The van der Waals surface area contributed by atoms with Gasteiger partial charge < -0.3 is 19.5 Å². The molecule has 0 saturated heterocycles. The molecule has 0 aliphatic heterocycles. The molecule has 0 aliphatic rings. The van der Waals surface area contributed by atoms with Crippen molar-refractivity contribution in [3.8, 4) is 0 Å². The zero-order valence-electron chi connectivity index (χ0n) is 8.52. The van der Waals surface area contributed by atoms with E-state index in [2.05, 4.69) is 5.32 Å². The molecule has 0 aliphatic carbocycles. The van der Waals surface area contributed by atoms with Crippen molar-refractivity contribution >= 4 is 13.5 Å². The summed E-state index contributed by atoms with van der Waals surface area (Å²) in [6.45, 7) is 2.75. The van der Waals surface area contributed by atoms with E-state index >= 15 is 0 Å². The molecule has 0 aromatic heterocycles. The summed E-state index contributed by atoms with van der Waals surface area (Å²) in [5.41, 5.74) is 0. The summed E-state index contributed by atoms with van der Waals surface area (Å²) in [6, 6.07) is 0. The van der Waals surface area contributed by atoms with E-state index in [1.165, 1.54) is 14.0 Å². The van der Waals surface area contributed by atoms with Gasteiger partial charge in [-0.15, -0.1) is 0 Å². The molecule has 0 heterocycles. The van der Waals surface area contributed by atoms with Gasteiger partial charge in [-0.25, -0.2) is 0 Å². The molecule has 0 fully saturated rings. The third-order valence-electron chi connectivity index (χ3n) is 1.28. The number of carbonyl (C=O) groups is 1. The molecular weight excluding hydrogens is 209 g/mol. The monoisotopic (exact) mass is 225 g/mol. The second-order valence-electron chi connectivity index (χ2n) is 2.92. The Balaban J connectivity index is 4.02. The third kappa shape index (κ3) is 8.19. The van der Waals surface area contributed by atoms with E-state index in [0.717, 1.165) is 6.66 Å². The summed E-state index contributed by atoms with van der Waals surface area (Å²) in [5, 5.41) is 2.48. The Kier molecular flexibility index (Phi) is 5.95. The molecule has 0 aromatic rings. The number of amides is 1. The van der Waals surface area contributed by atoms with Crippen LogP contribution in [0.3, 0.4) is 0 Å². The summed E-state index contributed by atoms with van der Waals surface area (Å²) in [7, 11) is -2.10. The highest BCUT2D eigenvalue weighted by Crippen LogP contribution is 2.38. The van der Waals surface area contributed by atoms with Crippen molar-refractivity contribution in [1.29, 1.82) is 0 Å². The Morgan fingerprint density at radius 3 is 2.57 bits per heavy atom. The molecule has 0 bridgehead atoms. The molecule has 0 spiro atoms. The van der Waals surface area contributed by atoms with Gasteiger partial charge in [0.15, 0.2) is 0 Å². The fraction of sp³-hybridized carbons (Fsp3) is 0.857. The van der Waals surface area contributed by atoms with Crippen molar-refractivity contribution in [2.75, 3.05) is 26.9 Å². The first-order valence-corrected chi connectivity index (χ1v) is 6.09. The lowest BCUT2D eigenvalue weighted by atomic mass is 10.4. The number of rotatable bonds is 6. The molecule has 1 amide bonds. The maximum atomic E-state index is 10.9. The molecule has 0 rings (SSSR count). The highest BCUT2D eigenvalue weighted by Gasteiger charge is 2.19. The average molecular weight is 225 g/mol. The van der Waals surface area contributed by atoms with Crippen LogP contribution in [0, 0.1) is 0 Å². The largest absolute Gasteiger partial charge is 0.382 e. The minimum atomic E-state index is -3.54. The van der Waals surface area contributed by atoms with Gasteiger partial charge in [0.25, 0.3) is 0 Å². The quantitative estimate of drug-likeness (QED) is 0.620. The minimum Gasteiger partial charge on any atom is -0.382 e. The van der Waals surface area contributed by atoms with Crippen LogP contribution in [0.1, 0.15) is 6.92 Å². The molecule has 0 aromatic carbocycles. The Bertz CT molecular complexity index is 226. The van der Waals surface area contributed by atoms with Gasteiger partial charge in [0, 0.05) is 27.2 Å². The van der Waals surface area contributed by atoms with E-state index in [-0.39, 0.29) is 19.1 Å². The van der Waals surface area contributed by atoms with Gasteiger partial charge in [-0.1, -0.05) is 0 Å². The Morgan fingerprint density at radius 2 is 2.21 bits per heavy atom. The number of carbonyl (C=O) groups excluding carboxylic acids is 1. The summed E-state index contributed by atoms with van der Waals surface area (Å²) >= 11 is 0. The zero-order chi connectivity index (χ0) is 11.2. The summed E-state index contributed by atoms with van der Waals surface area (Å²) in [4.78, 5) is 19.5. The maximum Gasteiger partial charge on any atom is 0.325 e. The third-order valence-corrected chi connectivity index (χ3v) is 1.97. The fourth-order valence-electron chi connectivity index (χ4n) is 0.847. The molecule has 1 unspecified atom stereocenters. The first-order valence-electron chi connectivity index (χ1n) is 4.07. The van der Waals surface area contributed by atoms with E-state index in [1.54, 1.807) is 0 Å². The smallest absolute Gasteiger partial charge is 0.325 e. The van der Waals surface area contributed by atoms with Crippen LogP contribution in [0.4, 0.5) is 0 Å². The number of hydrogen-bond donors (Lipinski definition) is 2. The topological polar surface area (TPSA) is 84.9 Å². The van der Waals surface area contributed by atoms with Gasteiger partial charge in [-0.3, -0.25) is 9.36 Å². The second kappa shape index (κ2) is 6.14. The standard InChI is InChI=1S/C7H16NO5P/c1-6(9)8-4-7(5-12-2)13-14(3,10)11/h7H,4-5H2,1-3H3,(H,8,9)(H,10,11)/t7-/m1/s1. The predicted molar refractivity (Wildman–Crippen MR) is 51.2 cm³/mol. The lowest BCUT2D eigenvalue weighted by Gasteiger charge is -2.18. The molecular formula is C7H16NO5P. The SMILES string of the molecule is COC[C@@H](CNC(C)=O)OP(C)(=O)O. The van der Waals surface area contributed by atoms with Crippen molar-refractivity contribution in [3.63, 3.8) is 0 Å². The van der Waals surface area contributed by atoms with Crippen molar-refractivity contribution in [3.05, 3.63) is 0 Å². The first-order chi connectivity index (χ1) is 6.35. The lowest BCUT2D eigenvalue weighted by Crippen LogP contribution is -2.34. The molecule has 0 radical (unpaired) electrons. The molecule has 84 valence electrons. The van der Waals surface area contributed by atoms with Crippen LogP contribution in [-0.2, 0) is 18.6 Å². The van der Waals surface area contributed by atoms with Crippen molar-refractivity contribution < 1.29 is 23.5 Å². The average Bonchev–Trinajstić information content (AvgIpc) is 1.98. The number of methoxy groups -OCH3 is 1. The lowest BCUT2D eigenvalue weighted by molar-refractivity contribution is -0.119. The Labute approximate surface area is 83.1 Å². The molecule has 14 heavy (non-hydrogen) atoms. The van der Waals surface area contributed by atoms with Crippen LogP contribution in [0.5, 0.6) is 0 Å². The van der Waals surface area contributed by atoms with Crippen LogP contribution in [0.25, 0.3) is 0 Å². The number of nitrogens with one attached hydrogen (secondary N) is 1. The molecule has 0 saturated carbocycles. The summed E-state index contributed by atoms with van der Waals surface area (Å²) in [5.74, 6) is -0.224. The van der Waals surface area contributed by atoms with Crippen LogP contribution in [0.15, 0.2) is 0 Å². The van der Waals surface area contributed by atoms with Gasteiger partial charge in [0.1, 0.15) is 6.10 Å². The van der Waals surface area contributed by atoms with Gasteiger partial charge in [0.2, 0.25) is 5.91 Å². The van der Waals surface area contributed by atoms with Crippen LogP contribution in [0.2, 0.25) is 0 Å². The zero-order valence-corrected chi connectivity index (χ0v) is 9.41. The maximum absolute atomic E-state index is 10.9. The highest BCUT2D eigenvalue weighted by atomic mass is 31.2. The van der Waals surface area contributed by atoms with Gasteiger partial charge in [-0.2, -0.15) is 0 Å². The van der Waals surface area contributed by atoms with Crippen molar-refractivity contribution in [1.82, 2.24) is 5.32 Å². The van der Waals surface area contributed by atoms with E-state index in [0.29, 0.717) is 0 Å². The van der Waals surface area contributed by atoms with Crippen LogP contribution < -0.4 is 5.32 Å². The van der Waals surface area contributed by atoms with Crippen molar-refractivity contribution in [2.24, 2.45) is 0 Å². The second-order valence-corrected chi connectivity index (χ2v) is 4.74. The Morgan fingerprint density at radius 1 is 1.64 bits per heavy atom. The number of ether oxygens (including phenoxy) is 1. The molecule has 2 N–H and O–H groups in total. The number of hydrogen-bond acceptors (Lipinski definition) is 4. The van der Waals surface area contributed by atoms with Crippen molar-refractivity contribution in [2.45, 2.75) is 13.0 Å². The fourth-order valence-corrected chi connectivity index (χ4v) is 1.54. The van der Waals surface area contributed by atoms with E-state index < -0.39 is 13.7 Å². The van der Waals surface area contributed by atoms with Crippen LogP contribution >= 0.6 is 7.60 Å². The molecule has 7 heteroatoms. The van der Waals surface area contributed by atoms with Crippen LogP contribution in [-0.4, -0.2) is 43.8 Å². The highest BCUT2D eigenvalue weighted by molar-refractivity contribution is 7.51. The minimum absolute atomic E-state index is 0.151. The van der Waals surface area contributed by atoms with E-state index in [1.807, 2.05) is 0 Å². The van der Waals surface area contributed by atoms with Gasteiger partial charge in [0.05, 0.1) is 6.61 Å². The van der Waals surface area contributed by atoms with Gasteiger partial charge >= 0.3 is 7.60 Å².